The van der Waals surface area contributed by atoms with Gasteiger partial charge in [-0.25, -0.2) is 0 Å². The van der Waals surface area contributed by atoms with Gasteiger partial charge >= 0.3 is 0 Å². The number of carbonyl (C=O) groups is 1. The molecule has 1 unspecified atom stereocenters. The van der Waals surface area contributed by atoms with Gasteiger partial charge in [-0.15, -0.1) is 11.8 Å². The lowest BCUT2D eigenvalue weighted by molar-refractivity contribution is -0.115. The average Bonchev–Trinajstić information content (AvgIpc) is 2.61. The van der Waals surface area contributed by atoms with Crippen LogP contribution in [0.3, 0.4) is 0 Å². The Kier molecular flexibility index (Phi) is 7.34. The normalized spacial score (nSPS) is 12.0. The second kappa shape index (κ2) is 9.49. The molecule has 2 aromatic carbocycles. The number of thioether (sulfide) groups is 1. The van der Waals surface area contributed by atoms with Gasteiger partial charge in [0.2, 0.25) is 5.91 Å². The lowest BCUT2D eigenvalue weighted by atomic mass is 10.2. The van der Waals surface area contributed by atoms with Crippen LogP contribution in [0.15, 0.2) is 53.4 Å². The van der Waals surface area contributed by atoms with E-state index in [2.05, 4.69) is 5.32 Å². The number of nitrogens with one attached hydrogen (secondary N) is 1. The highest BCUT2D eigenvalue weighted by atomic mass is 32.2. The first kappa shape index (κ1) is 19.3. The third-order valence-corrected chi connectivity index (χ3v) is 4.63. The summed E-state index contributed by atoms with van der Waals surface area (Å²) in [5.74, 6) is 0.782. The van der Waals surface area contributed by atoms with Gasteiger partial charge in [-0.1, -0.05) is 12.1 Å². The first-order chi connectivity index (χ1) is 12.0. The van der Waals surface area contributed by atoms with Crippen molar-refractivity contribution in [2.24, 2.45) is 0 Å². The molecule has 0 aliphatic carbocycles. The van der Waals surface area contributed by atoms with E-state index in [1.165, 1.54) is 11.8 Å². The smallest absolute Gasteiger partial charge is 0.237 e. The topological polar surface area (TPSA) is 47.6 Å². The fraction of sp³-hybridized carbons (Fsp3) is 0.350. The Morgan fingerprint density at radius 2 is 1.84 bits per heavy atom. The molecule has 5 heteroatoms. The number of methoxy groups -OCH3 is 1. The number of anilines is 1. The van der Waals surface area contributed by atoms with Crippen LogP contribution in [0, 0.1) is 0 Å². The van der Waals surface area contributed by atoms with E-state index in [0.29, 0.717) is 6.61 Å². The van der Waals surface area contributed by atoms with Gasteiger partial charge in [-0.3, -0.25) is 4.79 Å². The van der Waals surface area contributed by atoms with Crippen molar-refractivity contribution in [3.05, 3.63) is 54.1 Å². The number of hydrogen-bond donors (Lipinski definition) is 1. The predicted molar refractivity (Wildman–Crippen MR) is 103 cm³/mol. The van der Waals surface area contributed by atoms with Crippen LogP contribution in [-0.2, 0) is 16.1 Å². The van der Waals surface area contributed by atoms with E-state index in [9.17, 15) is 4.79 Å². The predicted octanol–water partition coefficient (Wildman–Crippen LogP) is 4.74. The summed E-state index contributed by atoms with van der Waals surface area (Å²) >= 11 is 1.52. The van der Waals surface area contributed by atoms with Crippen molar-refractivity contribution in [2.75, 3.05) is 12.4 Å². The van der Waals surface area contributed by atoms with Crippen LogP contribution in [0.5, 0.6) is 5.75 Å². The van der Waals surface area contributed by atoms with Gasteiger partial charge in [-0.05, 0) is 62.7 Å². The number of ether oxygens (including phenoxy) is 2. The number of rotatable bonds is 8. The van der Waals surface area contributed by atoms with Crippen molar-refractivity contribution in [1.29, 1.82) is 0 Å². The fourth-order valence-corrected chi connectivity index (χ4v) is 3.03. The van der Waals surface area contributed by atoms with Gasteiger partial charge < -0.3 is 14.8 Å². The van der Waals surface area contributed by atoms with E-state index in [-0.39, 0.29) is 17.3 Å². The van der Waals surface area contributed by atoms with Crippen LogP contribution in [0.1, 0.15) is 26.3 Å². The lowest BCUT2D eigenvalue weighted by Gasteiger charge is -2.13. The SMILES string of the molecule is COc1ccc(SC(C)C(=O)Nc2cccc(COC(C)C)c2)cc1. The Labute approximate surface area is 153 Å². The summed E-state index contributed by atoms with van der Waals surface area (Å²) in [4.78, 5) is 13.5. The van der Waals surface area contributed by atoms with Gasteiger partial charge in [0.05, 0.1) is 25.1 Å². The van der Waals surface area contributed by atoms with Crippen LogP contribution < -0.4 is 10.1 Å². The molecule has 2 aromatic rings. The molecule has 0 bridgehead atoms. The zero-order valence-electron chi connectivity index (χ0n) is 15.1. The molecule has 0 saturated heterocycles. The number of carbonyl (C=O) groups excluding carboxylic acids is 1. The Hall–Kier alpha value is -1.98. The largest absolute Gasteiger partial charge is 0.497 e. The molecule has 0 fully saturated rings. The number of benzene rings is 2. The molecular formula is C20H25NO3S. The molecule has 0 spiro atoms. The van der Waals surface area contributed by atoms with Gasteiger partial charge in [0.15, 0.2) is 0 Å². The van der Waals surface area contributed by atoms with E-state index >= 15 is 0 Å². The summed E-state index contributed by atoms with van der Waals surface area (Å²) in [5.41, 5.74) is 1.83. The van der Waals surface area contributed by atoms with Crippen LogP contribution in [0.25, 0.3) is 0 Å². The maximum Gasteiger partial charge on any atom is 0.237 e. The first-order valence-corrected chi connectivity index (χ1v) is 9.18. The van der Waals surface area contributed by atoms with Gasteiger partial charge in [0, 0.05) is 10.6 Å². The minimum absolute atomic E-state index is 0.0252. The lowest BCUT2D eigenvalue weighted by Crippen LogP contribution is -2.22. The first-order valence-electron chi connectivity index (χ1n) is 8.30. The summed E-state index contributed by atoms with van der Waals surface area (Å²) < 4.78 is 10.8. The molecule has 2 rings (SSSR count). The molecule has 0 radical (unpaired) electrons. The molecule has 1 N–H and O–H groups in total. The van der Waals surface area contributed by atoms with Crippen molar-refractivity contribution in [2.45, 2.75) is 43.6 Å². The van der Waals surface area contributed by atoms with E-state index in [1.54, 1.807) is 7.11 Å². The third kappa shape index (κ3) is 6.44. The molecule has 25 heavy (non-hydrogen) atoms. The van der Waals surface area contributed by atoms with E-state index in [4.69, 9.17) is 9.47 Å². The Morgan fingerprint density at radius 3 is 2.48 bits per heavy atom. The van der Waals surface area contributed by atoms with Crippen LogP contribution in [0.4, 0.5) is 5.69 Å². The van der Waals surface area contributed by atoms with Crippen molar-refractivity contribution in [3.63, 3.8) is 0 Å². The zero-order valence-corrected chi connectivity index (χ0v) is 15.9. The second-order valence-corrected chi connectivity index (χ2v) is 7.40. The Bertz CT molecular complexity index is 686. The molecule has 4 nitrogen and oxygen atoms in total. The zero-order chi connectivity index (χ0) is 18.2. The average molecular weight is 359 g/mol. The summed E-state index contributed by atoms with van der Waals surface area (Å²) in [7, 11) is 1.64. The monoisotopic (exact) mass is 359 g/mol. The molecule has 0 heterocycles. The highest BCUT2D eigenvalue weighted by Crippen LogP contribution is 2.26. The second-order valence-electron chi connectivity index (χ2n) is 5.98. The molecule has 134 valence electrons. The molecule has 0 saturated carbocycles. The summed E-state index contributed by atoms with van der Waals surface area (Å²) in [6.45, 7) is 6.45. The van der Waals surface area contributed by atoms with Crippen LogP contribution >= 0.6 is 11.8 Å². The van der Waals surface area contributed by atoms with Crippen molar-refractivity contribution >= 4 is 23.4 Å². The third-order valence-electron chi connectivity index (χ3n) is 3.52. The fourth-order valence-electron chi connectivity index (χ4n) is 2.16. The van der Waals surface area contributed by atoms with Crippen molar-refractivity contribution in [3.8, 4) is 5.75 Å². The minimum Gasteiger partial charge on any atom is -0.497 e. The molecule has 1 amide bonds. The standard InChI is InChI=1S/C20H25NO3S/c1-14(2)24-13-16-6-5-7-17(12-16)21-20(22)15(3)25-19-10-8-18(23-4)9-11-19/h5-12,14-15H,13H2,1-4H3,(H,21,22). The summed E-state index contributed by atoms with van der Waals surface area (Å²) in [5, 5.41) is 2.77. The minimum atomic E-state index is -0.205. The van der Waals surface area contributed by atoms with Crippen molar-refractivity contribution in [1.82, 2.24) is 0 Å². The van der Waals surface area contributed by atoms with Gasteiger partial charge in [0.25, 0.3) is 0 Å². The summed E-state index contributed by atoms with van der Waals surface area (Å²) in [6.07, 6.45) is 0.180. The maximum atomic E-state index is 12.4. The quantitative estimate of drug-likeness (QED) is 0.692. The number of hydrogen-bond acceptors (Lipinski definition) is 4. The molecule has 1 atom stereocenters. The molecule has 0 aliphatic heterocycles. The summed E-state index contributed by atoms with van der Waals surface area (Å²) in [6, 6.07) is 15.5. The highest BCUT2D eigenvalue weighted by Gasteiger charge is 2.15. The van der Waals surface area contributed by atoms with E-state index in [0.717, 1.165) is 21.9 Å². The molecule has 0 aliphatic rings. The maximum absolute atomic E-state index is 12.4. The Morgan fingerprint density at radius 1 is 1.12 bits per heavy atom. The Balaban J connectivity index is 1.92. The van der Waals surface area contributed by atoms with Crippen molar-refractivity contribution < 1.29 is 14.3 Å². The van der Waals surface area contributed by atoms with Gasteiger partial charge in [0.1, 0.15) is 5.75 Å². The molecule has 0 aromatic heterocycles. The van der Waals surface area contributed by atoms with Crippen LogP contribution in [0.2, 0.25) is 0 Å². The van der Waals surface area contributed by atoms with E-state index < -0.39 is 0 Å². The highest BCUT2D eigenvalue weighted by molar-refractivity contribution is 8.00. The van der Waals surface area contributed by atoms with Crippen LogP contribution in [-0.4, -0.2) is 24.4 Å². The number of amides is 1. The van der Waals surface area contributed by atoms with E-state index in [1.807, 2.05) is 69.3 Å². The molecular weight excluding hydrogens is 334 g/mol. The van der Waals surface area contributed by atoms with Gasteiger partial charge in [-0.2, -0.15) is 0 Å².